The number of carbonyl (C=O) groups is 3. The van der Waals surface area contributed by atoms with Gasteiger partial charge in [-0.25, -0.2) is 0 Å². The predicted molar refractivity (Wildman–Crippen MR) is 164 cm³/mol. The van der Waals surface area contributed by atoms with Crippen molar-refractivity contribution < 1.29 is 24.2 Å². The quantitative estimate of drug-likeness (QED) is 0.213. The zero-order valence-corrected chi connectivity index (χ0v) is 25.6. The van der Waals surface area contributed by atoms with E-state index >= 15 is 0 Å². The lowest BCUT2D eigenvalue weighted by molar-refractivity contribution is -0.141. The normalized spacial score (nSPS) is 28.6. The van der Waals surface area contributed by atoms with Gasteiger partial charge in [-0.15, -0.1) is 11.8 Å². The highest BCUT2D eigenvalue weighted by molar-refractivity contribution is 8.00. The number of H-pyrrole nitrogens is 1. The summed E-state index contributed by atoms with van der Waals surface area (Å²) in [6, 6.07) is 15.5. The molecule has 6 unspecified atom stereocenters. The Bertz CT molecular complexity index is 1650. The number of fused-ring (bicyclic) bond motifs is 9. The number of unbranched alkanes of at least 4 members (excludes halogenated alkanes) is 2. The molecule has 7 atom stereocenters. The van der Waals surface area contributed by atoms with Gasteiger partial charge in [-0.1, -0.05) is 59.7 Å². The van der Waals surface area contributed by atoms with Crippen LogP contribution in [0.4, 0.5) is 0 Å². The fourth-order valence-corrected chi connectivity index (χ4v) is 11.1. The highest BCUT2D eigenvalue weighted by atomic mass is 35.5. The summed E-state index contributed by atoms with van der Waals surface area (Å²) < 4.78 is 6.39. The molecule has 7 rings (SSSR count). The first-order chi connectivity index (χ1) is 20.8. The monoisotopic (exact) mass is 638 g/mol. The number of benzene rings is 2. The van der Waals surface area contributed by atoms with Crippen molar-refractivity contribution in [2.75, 3.05) is 6.54 Å². The van der Waals surface area contributed by atoms with E-state index in [0.717, 1.165) is 33.2 Å². The van der Waals surface area contributed by atoms with Gasteiger partial charge in [-0.2, -0.15) is 0 Å². The first-order valence-corrected chi connectivity index (χ1v) is 16.8. The molecule has 0 radical (unpaired) electrons. The molecule has 2 saturated carbocycles. The minimum Gasteiger partial charge on any atom is -0.489 e. The molecule has 0 spiro atoms. The number of para-hydroxylation sites is 1. The third-order valence-corrected chi connectivity index (χ3v) is 12.4. The number of ether oxygens (including phenoxy) is 1. The van der Waals surface area contributed by atoms with E-state index in [9.17, 15) is 19.2 Å². The number of aromatic amines is 1. The lowest BCUT2D eigenvalue weighted by Gasteiger charge is -2.43. The summed E-state index contributed by atoms with van der Waals surface area (Å²) >= 11 is 9.10. The number of hydrogen-bond donors (Lipinski definition) is 2. The van der Waals surface area contributed by atoms with Crippen molar-refractivity contribution in [3.05, 3.63) is 79.2 Å². The molecule has 43 heavy (non-hydrogen) atoms. The summed E-state index contributed by atoms with van der Waals surface area (Å²) in [5.74, 6) is -0.906. The standard InChI is InChI=1S/C32H31ClN2O6S2/c33-17-8-6-7-16(13-17)15-41-21-10-4-3-9-18(21)23-24-19-14-20(27(24)42-29-28(23)43-32(40)34-29)26-25(19)30(38)35(31(26)39)12-5-1-2-11-22(36)37/h3-4,6-10,13,19-20,23-27H,1-2,5,11-12,14-15H2,(H,34,40)(H,36,37)/t19?,20?,23-,24?,25?,26?,27?/m1/s1. The second-order valence-electron chi connectivity index (χ2n) is 11.9. The largest absolute Gasteiger partial charge is 0.489 e. The number of carbonyl (C=O) groups excluding carboxylic acids is 2. The molecule has 1 saturated heterocycles. The van der Waals surface area contributed by atoms with E-state index in [1.165, 1.54) is 16.2 Å². The number of thioether (sulfide) groups is 1. The molecule has 2 bridgehead atoms. The number of carboxylic acids is 1. The van der Waals surface area contributed by atoms with E-state index in [2.05, 4.69) is 11.1 Å². The van der Waals surface area contributed by atoms with Gasteiger partial charge in [-0.05, 0) is 60.8 Å². The molecule has 224 valence electrons. The summed E-state index contributed by atoms with van der Waals surface area (Å²) in [6.07, 6.45) is 2.72. The molecule has 3 fully saturated rings. The van der Waals surface area contributed by atoms with E-state index in [1.807, 2.05) is 42.5 Å². The summed E-state index contributed by atoms with van der Waals surface area (Å²) in [7, 11) is 0. The number of aliphatic carboxylic acids is 1. The number of amides is 2. The molecule has 3 aromatic rings. The lowest BCUT2D eigenvalue weighted by Crippen LogP contribution is -2.42. The first kappa shape index (κ1) is 28.7. The molecule has 4 aliphatic rings. The van der Waals surface area contributed by atoms with E-state index in [-0.39, 0.29) is 63.9 Å². The number of halogens is 1. The van der Waals surface area contributed by atoms with Crippen LogP contribution in [-0.2, 0) is 21.0 Å². The van der Waals surface area contributed by atoms with Gasteiger partial charge in [0.1, 0.15) is 12.4 Å². The summed E-state index contributed by atoms with van der Waals surface area (Å²) in [5, 5.41) is 10.5. The third-order valence-electron chi connectivity index (χ3n) is 9.63. The van der Waals surface area contributed by atoms with Crippen molar-refractivity contribution in [2.24, 2.45) is 29.6 Å². The maximum atomic E-state index is 13.8. The highest BCUT2D eigenvalue weighted by Crippen LogP contribution is 2.69. The number of thiazole rings is 1. The van der Waals surface area contributed by atoms with Gasteiger partial charge >= 0.3 is 10.8 Å². The third kappa shape index (κ3) is 5.01. The van der Waals surface area contributed by atoms with Crippen LogP contribution >= 0.6 is 34.7 Å². The van der Waals surface area contributed by atoms with Crippen LogP contribution < -0.4 is 9.61 Å². The number of hydrogen-bond acceptors (Lipinski definition) is 7. The van der Waals surface area contributed by atoms with Crippen LogP contribution in [0.25, 0.3) is 0 Å². The average molecular weight is 639 g/mol. The molecule has 3 heterocycles. The van der Waals surface area contributed by atoms with Crippen LogP contribution in [-0.4, -0.2) is 44.6 Å². The van der Waals surface area contributed by atoms with Crippen LogP contribution in [0.1, 0.15) is 54.0 Å². The van der Waals surface area contributed by atoms with Crippen molar-refractivity contribution in [1.29, 1.82) is 0 Å². The van der Waals surface area contributed by atoms with Crippen LogP contribution in [0.15, 0.2) is 58.4 Å². The molecule has 2 aliphatic heterocycles. The minimum absolute atomic E-state index is 0.0253. The SMILES string of the molecule is O=C(O)CCCCCN1C(=O)C2C3CC(C2C1=O)C1C3Sc2[nH]c(=O)sc2[C@@H]1c1ccccc1OCc1cccc(Cl)c1. The highest BCUT2D eigenvalue weighted by Gasteiger charge is 2.69. The zero-order chi connectivity index (χ0) is 29.8. The number of imide groups is 1. The fourth-order valence-electron chi connectivity index (χ4n) is 8.03. The predicted octanol–water partition coefficient (Wildman–Crippen LogP) is 5.79. The number of rotatable bonds is 10. The number of nitrogens with one attached hydrogen (secondary N) is 1. The number of carboxylic acid groups (broad SMARTS) is 1. The summed E-state index contributed by atoms with van der Waals surface area (Å²) in [4.78, 5) is 56.3. The molecule has 8 nitrogen and oxygen atoms in total. The van der Waals surface area contributed by atoms with Gasteiger partial charge in [0.25, 0.3) is 0 Å². The fraction of sp³-hybridized carbons (Fsp3) is 0.438. The van der Waals surface area contributed by atoms with Crippen LogP contribution in [0, 0.1) is 29.6 Å². The average Bonchev–Trinajstić information content (AvgIpc) is 3.71. The molecular weight excluding hydrogens is 608 g/mol. The first-order valence-electron chi connectivity index (χ1n) is 14.7. The molecule has 2 amide bonds. The summed E-state index contributed by atoms with van der Waals surface area (Å²) in [5.41, 5.74) is 1.94. The lowest BCUT2D eigenvalue weighted by atomic mass is 9.68. The molecule has 11 heteroatoms. The second kappa shape index (κ2) is 11.4. The number of aromatic nitrogens is 1. The van der Waals surface area contributed by atoms with E-state index < -0.39 is 5.97 Å². The Hall–Kier alpha value is -3.08. The Balaban J connectivity index is 1.18. The maximum Gasteiger partial charge on any atom is 0.305 e. The van der Waals surface area contributed by atoms with Gasteiger partial charge in [0.15, 0.2) is 0 Å². The summed E-state index contributed by atoms with van der Waals surface area (Å²) in [6.45, 7) is 0.686. The number of likely N-dealkylation sites (tertiary alicyclic amines) is 1. The Morgan fingerprint density at radius 2 is 1.81 bits per heavy atom. The zero-order valence-electron chi connectivity index (χ0n) is 23.2. The Kier molecular flexibility index (Phi) is 7.63. The smallest absolute Gasteiger partial charge is 0.305 e. The van der Waals surface area contributed by atoms with Crippen molar-refractivity contribution in [3.63, 3.8) is 0 Å². The topological polar surface area (TPSA) is 117 Å². The van der Waals surface area contributed by atoms with Gasteiger partial charge in [0.2, 0.25) is 11.8 Å². The van der Waals surface area contributed by atoms with Crippen molar-refractivity contribution in [2.45, 2.75) is 54.9 Å². The van der Waals surface area contributed by atoms with Crippen molar-refractivity contribution in [3.8, 4) is 5.75 Å². The van der Waals surface area contributed by atoms with Crippen LogP contribution in [0.5, 0.6) is 5.75 Å². The molecule has 1 aromatic heterocycles. The second-order valence-corrected chi connectivity index (χ2v) is 14.6. The van der Waals surface area contributed by atoms with Crippen LogP contribution in [0.3, 0.4) is 0 Å². The van der Waals surface area contributed by atoms with Gasteiger partial charge in [0.05, 0.1) is 16.9 Å². The number of nitrogens with zero attached hydrogens (tertiary/aromatic N) is 1. The van der Waals surface area contributed by atoms with E-state index in [0.29, 0.717) is 37.4 Å². The maximum absolute atomic E-state index is 13.8. The van der Waals surface area contributed by atoms with E-state index in [1.54, 1.807) is 11.8 Å². The molecule has 2 N–H and O–H groups in total. The van der Waals surface area contributed by atoms with Gasteiger partial charge in [-0.3, -0.25) is 24.1 Å². The molecule has 2 aromatic carbocycles. The van der Waals surface area contributed by atoms with Crippen molar-refractivity contribution >= 4 is 52.5 Å². The van der Waals surface area contributed by atoms with E-state index in [4.69, 9.17) is 21.4 Å². The Morgan fingerprint density at radius 1 is 1.02 bits per heavy atom. The molecular formula is C32H31ClN2O6S2. The minimum atomic E-state index is -0.833. The Morgan fingerprint density at radius 3 is 2.60 bits per heavy atom. The van der Waals surface area contributed by atoms with Crippen molar-refractivity contribution in [1.82, 2.24) is 9.88 Å². The van der Waals surface area contributed by atoms with Gasteiger partial charge in [0, 0.05) is 39.6 Å². The molecule has 2 aliphatic carbocycles. The van der Waals surface area contributed by atoms with Crippen LogP contribution in [0.2, 0.25) is 5.02 Å². The Labute approximate surface area is 261 Å². The van der Waals surface area contributed by atoms with Gasteiger partial charge < -0.3 is 14.8 Å².